The van der Waals surface area contributed by atoms with E-state index in [1.54, 1.807) is 6.92 Å². The van der Waals surface area contributed by atoms with Crippen molar-refractivity contribution in [3.05, 3.63) is 29.0 Å². The Bertz CT molecular complexity index is 1270. The lowest BCUT2D eigenvalue weighted by Crippen LogP contribution is -2.66. The first kappa shape index (κ1) is 25.0. The third-order valence-corrected chi connectivity index (χ3v) is 6.82. The van der Waals surface area contributed by atoms with Crippen LogP contribution in [0.2, 0.25) is 5.02 Å². The molecule has 1 fully saturated rings. The highest BCUT2D eigenvalue weighted by Gasteiger charge is 2.52. The van der Waals surface area contributed by atoms with Crippen LogP contribution in [-0.2, 0) is 20.3 Å². The Morgan fingerprint density at radius 3 is 2.65 bits per heavy atom. The number of rotatable bonds is 8. The molecule has 15 heteroatoms. The zero-order valence-corrected chi connectivity index (χ0v) is 19.3. The molecule has 3 atom stereocenters. The largest absolute Gasteiger partial charge is 0.504 e. The smallest absolute Gasteiger partial charge is 0.328 e. The van der Waals surface area contributed by atoms with Gasteiger partial charge in [-0.25, -0.2) is 18.6 Å². The minimum Gasteiger partial charge on any atom is -0.504 e. The standard InChI is InChI=1S/C19H19ClN4O9S/c1-8-5-13(26)24(8)16(18(29)30)19(2,34(31)32)7-21-22-17(28)12-6-10(23-33-12)9-3-4-11(25)15(27)14(9)20/h3-4,6-8,16,25,27,34H,5H2,1-2H3,(H,22,28)(H,29,30)/b21-7+/t8-,16+,19+/m1/s1. The number of benzene rings is 1. The first-order valence-corrected chi connectivity index (χ1v) is 11.1. The summed E-state index contributed by atoms with van der Waals surface area (Å²) in [5, 5.41) is 35.8. The number of halogens is 1. The van der Waals surface area contributed by atoms with Crippen molar-refractivity contribution < 1.29 is 42.6 Å². The molecule has 1 aromatic heterocycles. The summed E-state index contributed by atoms with van der Waals surface area (Å²) in [6, 6.07) is 1.39. The van der Waals surface area contributed by atoms with Crippen molar-refractivity contribution in [2.75, 3.05) is 0 Å². The number of carboxylic acid groups (broad SMARTS) is 1. The van der Waals surface area contributed by atoms with E-state index in [2.05, 4.69) is 10.3 Å². The molecule has 13 nitrogen and oxygen atoms in total. The lowest BCUT2D eigenvalue weighted by molar-refractivity contribution is -0.161. The summed E-state index contributed by atoms with van der Waals surface area (Å²) >= 11 is 5.95. The average molecular weight is 515 g/mol. The highest BCUT2D eigenvalue weighted by atomic mass is 35.5. The summed E-state index contributed by atoms with van der Waals surface area (Å²) in [5.74, 6) is -4.45. The van der Waals surface area contributed by atoms with Crippen molar-refractivity contribution in [2.45, 2.75) is 37.1 Å². The number of amides is 2. The van der Waals surface area contributed by atoms with E-state index in [0.29, 0.717) is 0 Å². The fourth-order valence-corrected chi connectivity index (χ4v) is 4.24. The Morgan fingerprint density at radius 1 is 1.41 bits per heavy atom. The number of nitrogens with zero attached hydrogens (tertiary/aromatic N) is 3. The zero-order valence-electron chi connectivity index (χ0n) is 17.6. The van der Waals surface area contributed by atoms with Gasteiger partial charge in [-0.15, -0.1) is 0 Å². The lowest BCUT2D eigenvalue weighted by atomic mass is 9.92. The number of aliphatic carboxylic acids is 1. The van der Waals surface area contributed by atoms with E-state index in [1.165, 1.54) is 6.07 Å². The molecule has 2 aromatic rings. The molecule has 2 heterocycles. The third kappa shape index (κ3) is 4.41. The predicted octanol–water partition coefficient (Wildman–Crippen LogP) is 0.566. The number of nitrogens with one attached hydrogen (secondary N) is 1. The molecular weight excluding hydrogens is 496 g/mol. The monoisotopic (exact) mass is 514 g/mol. The molecule has 34 heavy (non-hydrogen) atoms. The minimum absolute atomic E-state index is 0.0399. The number of carbonyl (C=O) groups excluding carboxylic acids is 2. The van der Waals surface area contributed by atoms with Gasteiger partial charge in [0.05, 0.1) is 5.02 Å². The van der Waals surface area contributed by atoms with E-state index in [-0.39, 0.29) is 28.5 Å². The SMILES string of the molecule is C[C@@H]1CC(=O)N1[C@@H](C(=O)O)[C@](C)(/C=N/NC(=O)c1cc(-c2ccc(O)c(O)c2Cl)no1)[SH](=O)=O. The molecule has 0 bridgehead atoms. The Kier molecular flexibility index (Phi) is 6.84. The van der Waals surface area contributed by atoms with Crippen LogP contribution >= 0.6 is 11.6 Å². The molecule has 182 valence electrons. The van der Waals surface area contributed by atoms with Gasteiger partial charge >= 0.3 is 11.9 Å². The first-order valence-electron chi connectivity index (χ1n) is 9.59. The highest BCUT2D eigenvalue weighted by molar-refractivity contribution is 7.75. The number of aromatic hydroxyl groups is 2. The number of hydrogen-bond acceptors (Lipinski definition) is 10. The number of carboxylic acids is 1. The zero-order chi connectivity index (χ0) is 25.4. The maximum atomic E-state index is 12.3. The van der Waals surface area contributed by atoms with Crippen LogP contribution in [0.3, 0.4) is 0 Å². The molecule has 0 radical (unpaired) electrons. The normalized spacial score (nSPS) is 18.5. The maximum absolute atomic E-state index is 12.3. The fourth-order valence-electron chi connectivity index (χ4n) is 3.39. The van der Waals surface area contributed by atoms with Crippen molar-refractivity contribution in [3.63, 3.8) is 0 Å². The Balaban J connectivity index is 1.81. The number of phenols is 2. The predicted molar refractivity (Wildman–Crippen MR) is 117 cm³/mol. The number of β-lactam (4-membered cyclic amide) rings is 1. The number of thiol groups is 1. The van der Waals surface area contributed by atoms with Crippen molar-refractivity contribution in [1.29, 1.82) is 0 Å². The molecule has 1 aliphatic rings. The van der Waals surface area contributed by atoms with Crippen LogP contribution in [-0.4, -0.2) is 74.6 Å². The summed E-state index contributed by atoms with van der Waals surface area (Å²) < 4.78 is 26.7. The molecule has 3 rings (SSSR count). The van der Waals surface area contributed by atoms with E-state index in [0.717, 1.165) is 30.2 Å². The van der Waals surface area contributed by atoms with Gasteiger partial charge in [0.2, 0.25) is 11.7 Å². The number of likely N-dealkylation sites (tertiary alicyclic amines) is 1. The number of hydrogen-bond donors (Lipinski definition) is 5. The van der Waals surface area contributed by atoms with Gasteiger partial charge in [0.1, 0.15) is 10.4 Å². The Morgan fingerprint density at radius 2 is 2.09 bits per heavy atom. The summed E-state index contributed by atoms with van der Waals surface area (Å²) in [7, 11) is -3.45. The molecule has 0 spiro atoms. The van der Waals surface area contributed by atoms with Crippen LogP contribution in [0.15, 0.2) is 27.8 Å². The van der Waals surface area contributed by atoms with Crippen LogP contribution in [0, 0.1) is 0 Å². The van der Waals surface area contributed by atoms with Crippen LogP contribution in [0.5, 0.6) is 11.5 Å². The van der Waals surface area contributed by atoms with Crippen LogP contribution < -0.4 is 5.43 Å². The number of aromatic nitrogens is 1. The van der Waals surface area contributed by atoms with E-state index in [4.69, 9.17) is 16.1 Å². The van der Waals surface area contributed by atoms with Crippen molar-refractivity contribution in [3.8, 4) is 22.8 Å². The summed E-state index contributed by atoms with van der Waals surface area (Å²) in [6.07, 6.45) is 0.805. The van der Waals surface area contributed by atoms with Gasteiger partial charge in [-0.1, -0.05) is 16.8 Å². The van der Waals surface area contributed by atoms with Crippen LogP contribution in [0.1, 0.15) is 30.8 Å². The summed E-state index contributed by atoms with van der Waals surface area (Å²) in [4.78, 5) is 37.0. The van der Waals surface area contributed by atoms with Crippen molar-refractivity contribution >= 4 is 46.3 Å². The third-order valence-electron chi connectivity index (χ3n) is 5.29. The molecule has 0 saturated carbocycles. The molecular formula is C19H19ClN4O9S. The molecule has 2 amide bonds. The second kappa shape index (κ2) is 9.30. The lowest BCUT2D eigenvalue weighted by Gasteiger charge is -2.45. The van der Waals surface area contributed by atoms with E-state index < -0.39 is 56.8 Å². The number of hydrazone groups is 1. The van der Waals surface area contributed by atoms with Gasteiger partial charge in [-0.3, -0.25) is 9.59 Å². The summed E-state index contributed by atoms with van der Waals surface area (Å²) in [6.45, 7) is 2.65. The van der Waals surface area contributed by atoms with Gasteiger partial charge in [-0.05, 0) is 26.0 Å². The van der Waals surface area contributed by atoms with E-state index >= 15 is 0 Å². The second-order valence-corrected chi connectivity index (χ2v) is 9.50. The minimum atomic E-state index is -3.45. The topological polar surface area (TPSA) is 200 Å². The van der Waals surface area contributed by atoms with Crippen molar-refractivity contribution in [1.82, 2.24) is 15.5 Å². The molecule has 1 aliphatic heterocycles. The molecule has 0 aliphatic carbocycles. The molecule has 1 saturated heterocycles. The van der Waals surface area contributed by atoms with Gasteiger partial charge in [0.15, 0.2) is 28.2 Å². The quantitative estimate of drug-likeness (QED) is 0.109. The summed E-state index contributed by atoms with van der Waals surface area (Å²) in [5.41, 5.74) is 2.20. The number of phenolic OH excluding ortho intramolecular Hbond substituents is 2. The first-order chi connectivity index (χ1) is 15.9. The van der Waals surface area contributed by atoms with Gasteiger partial charge in [0.25, 0.3) is 0 Å². The Hall–Kier alpha value is -3.65. The molecule has 4 N–H and O–H groups in total. The van der Waals surface area contributed by atoms with Crippen molar-refractivity contribution in [2.24, 2.45) is 5.10 Å². The molecule has 1 aromatic carbocycles. The van der Waals surface area contributed by atoms with E-state index in [9.17, 15) is 38.1 Å². The fraction of sp³-hybridized carbons (Fsp3) is 0.316. The maximum Gasteiger partial charge on any atom is 0.328 e. The van der Waals surface area contributed by atoms with Gasteiger partial charge in [-0.2, -0.15) is 5.10 Å². The average Bonchev–Trinajstić information content (AvgIpc) is 3.25. The van der Waals surface area contributed by atoms with E-state index in [1.807, 2.05) is 5.43 Å². The van der Waals surface area contributed by atoms with Gasteiger partial charge in [0, 0.05) is 30.3 Å². The second-order valence-electron chi connectivity index (χ2n) is 7.65. The highest BCUT2D eigenvalue weighted by Crippen LogP contribution is 2.40. The van der Waals surface area contributed by atoms with Crippen LogP contribution in [0.4, 0.5) is 0 Å². The number of carbonyl (C=O) groups is 3. The van der Waals surface area contributed by atoms with Crippen LogP contribution in [0.25, 0.3) is 11.3 Å². The van der Waals surface area contributed by atoms with Gasteiger partial charge < -0.3 is 24.7 Å². The molecule has 0 unspecified atom stereocenters. The Labute approximate surface area is 198 Å².